The maximum Gasteiger partial charge on any atom is 0.181 e. The van der Waals surface area contributed by atoms with Crippen LogP contribution in [-0.2, 0) is 9.84 Å². The summed E-state index contributed by atoms with van der Waals surface area (Å²) >= 11 is 0. The zero-order valence-corrected chi connectivity index (χ0v) is 13.9. The molecule has 0 atom stereocenters. The minimum atomic E-state index is -3.18. The van der Waals surface area contributed by atoms with Crippen LogP contribution in [0.25, 0.3) is 0 Å². The molecule has 0 heterocycles. The Morgan fingerprint density at radius 3 is 2.37 bits per heavy atom. The van der Waals surface area contributed by atoms with Gasteiger partial charge in [0, 0.05) is 11.0 Å². The molecule has 0 saturated heterocycles. The van der Waals surface area contributed by atoms with Gasteiger partial charge in [0.05, 0.1) is 10.6 Å². The van der Waals surface area contributed by atoms with Gasteiger partial charge in [0.2, 0.25) is 0 Å². The third-order valence-corrected chi connectivity index (χ3v) is 6.73. The maximum atomic E-state index is 12.0. The highest BCUT2D eigenvalue weighted by Crippen LogP contribution is 2.25. The first-order valence-corrected chi connectivity index (χ1v) is 10.2. The minimum Gasteiger partial charge on any atom is -0.223 e. The molecule has 0 amide bonds. The van der Waals surface area contributed by atoms with Crippen molar-refractivity contribution >= 4 is 31.4 Å². The normalized spacial score (nSPS) is 12.4. The van der Waals surface area contributed by atoms with Crippen LogP contribution >= 0.6 is 21.6 Å². The molecule has 106 valence electrons. The zero-order chi connectivity index (χ0) is 14.3. The molecule has 1 rings (SSSR count). The van der Waals surface area contributed by atoms with Gasteiger partial charge in [0.1, 0.15) is 0 Å². The molecule has 0 radical (unpaired) electrons. The molecule has 0 N–H and O–H groups in total. The smallest absolute Gasteiger partial charge is 0.181 e. The SMILES string of the molecule is Cc1ccc(S(=O)(=O)C/C=C\CSSC(C)C)cc1. The van der Waals surface area contributed by atoms with Gasteiger partial charge in [-0.1, -0.05) is 65.3 Å². The summed E-state index contributed by atoms with van der Waals surface area (Å²) in [6.07, 6.45) is 3.66. The molecule has 0 aliphatic carbocycles. The third-order valence-electron chi connectivity index (χ3n) is 2.29. The molecule has 0 saturated carbocycles. The van der Waals surface area contributed by atoms with Crippen LogP contribution in [0.15, 0.2) is 41.3 Å². The lowest BCUT2D eigenvalue weighted by molar-refractivity contribution is 0.599. The number of hydrogen-bond acceptors (Lipinski definition) is 4. The Labute approximate surface area is 124 Å². The predicted molar refractivity (Wildman–Crippen MR) is 87.6 cm³/mol. The van der Waals surface area contributed by atoms with Gasteiger partial charge in [0.15, 0.2) is 9.84 Å². The van der Waals surface area contributed by atoms with Crippen LogP contribution < -0.4 is 0 Å². The van der Waals surface area contributed by atoms with Crippen LogP contribution in [-0.4, -0.2) is 25.2 Å². The van der Waals surface area contributed by atoms with Crippen LogP contribution in [0.3, 0.4) is 0 Å². The second-order valence-electron chi connectivity index (χ2n) is 4.50. The second-order valence-corrected chi connectivity index (χ2v) is 9.52. The van der Waals surface area contributed by atoms with Crippen molar-refractivity contribution in [3.05, 3.63) is 42.0 Å². The quantitative estimate of drug-likeness (QED) is 0.430. The van der Waals surface area contributed by atoms with E-state index in [1.807, 2.05) is 25.1 Å². The van der Waals surface area contributed by atoms with Gasteiger partial charge in [-0.15, -0.1) is 0 Å². The number of sulfone groups is 1. The molecular weight excluding hydrogens is 296 g/mol. The maximum absolute atomic E-state index is 12.0. The first kappa shape index (κ1) is 16.7. The van der Waals surface area contributed by atoms with E-state index < -0.39 is 9.84 Å². The van der Waals surface area contributed by atoms with Crippen molar-refractivity contribution in [2.24, 2.45) is 0 Å². The molecule has 1 aromatic carbocycles. The topological polar surface area (TPSA) is 34.1 Å². The summed E-state index contributed by atoms with van der Waals surface area (Å²) in [6, 6.07) is 6.99. The van der Waals surface area contributed by atoms with Crippen molar-refractivity contribution in [1.29, 1.82) is 0 Å². The van der Waals surface area contributed by atoms with Crippen molar-refractivity contribution in [3.8, 4) is 0 Å². The van der Waals surface area contributed by atoms with E-state index in [0.717, 1.165) is 11.3 Å². The fourth-order valence-electron chi connectivity index (χ4n) is 1.32. The Morgan fingerprint density at radius 1 is 1.16 bits per heavy atom. The van der Waals surface area contributed by atoms with Crippen molar-refractivity contribution in [1.82, 2.24) is 0 Å². The molecule has 0 fully saturated rings. The van der Waals surface area contributed by atoms with E-state index in [9.17, 15) is 8.42 Å². The van der Waals surface area contributed by atoms with Crippen molar-refractivity contribution < 1.29 is 8.42 Å². The number of rotatable bonds is 7. The van der Waals surface area contributed by atoms with Gasteiger partial charge in [-0.2, -0.15) is 0 Å². The fourth-order valence-corrected chi connectivity index (χ4v) is 4.31. The van der Waals surface area contributed by atoms with E-state index in [-0.39, 0.29) is 5.75 Å². The summed E-state index contributed by atoms with van der Waals surface area (Å²) in [4.78, 5) is 0.395. The Balaban J connectivity index is 2.47. The Kier molecular flexibility index (Phi) is 7.04. The summed E-state index contributed by atoms with van der Waals surface area (Å²) in [5.74, 6) is 0.912. The average molecular weight is 317 g/mol. The second kappa shape index (κ2) is 8.02. The lowest BCUT2D eigenvalue weighted by Gasteiger charge is -2.02. The van der Waals surface area contributed by atoms with Gasteiger partial charge < -0.3 is 0 Å². The molecule has 0 bridgehead atoms. The van der Waals surface area contributed by atoms with Gasteiger partial charge in [0.25, 0.3) is 0 Å². The van der Waals surface area contributed by atoms with E-state index in [1.54, 1.807) is 39.8 Å². The summed E-state index contributed by atoms with van der Waals surface area (Å²) in [7, 11) is 0.364. The van der Waals surface area contributed by atoms with Gasteiger partial charge >= 0.3 is 0 Å². The molecule has 19 heavy (non-hydrogen) atoms. The van der Waals surface area contributed by atoms with Crippen molar-refractivity contribution in [2.75, 3.05) is 11.5 Å². The lowest BCUT2D eigenvalue weighted by atomic mass is 10.2. The van der Waals surface area contributed by atoms with Crippen LogP contribution in [0.1, 0.15) is 19.4 Å². The predicted octanol–water partition coefficient (Wildman–Crippen LogP) is 4.11. The summed E-state index contributed by atoms with van der Waals surface area (Å²) in [5, 5.41) is 0.592. The van der Waals surface area contributed by atoms with Crippen molar-refractivity contribution in [2.45, 2.75) is 30.9 Å². The fraction of sp³-hybridized carbons (Fsp3) is 0.429. The molecule has 2 nitrogen and oxygen atoms in total. The number of benzene rings is 1. The van der Waals surface area contributed by atoms with Crippen molar-refractivity contribution in [3.63, 3.8) is 0 Å². The Hall–Kier alpha value is -0.390. The first-order valence-electron chi connectivity index (χ1n) is 6.14. The minimum absolute atomic E-state index is 0.0724. The summed E-state index contributed by atoms with van der Waals surface area (Å²) < 4.78 is 24.0. The van der Waals surface area contributed by atoms with Crippen LogP contribution in [0.5, 0.6) is 0 Å². The average Bonchev–Trinajstić information content (AvgIpc) is 2.34. The zero-order valence-electron chi connectivity index (χ0n) is 11.5. The summed E-state index contributed by atoms with van der Waals surface area (Å²) in [6.45, 7) is 6.23. The third kappa shape index (κ3) is 6.54. The molecule has 0 spiro atoms. The highest BCUT2D eigenvalue weighted by atomic mass is 33.1. The summed E-state index contributed by atoms with van der Waals surface area (Å²) in [5.41, 5.74) is 1.07. The Bertz CT molecular complexity index is 502. The molecule has 0 aromatic heterocycles. The highest BCUT2D eigenvalue weighted by Gasteiger charge is 2.11. The number of hydrogen-bond donors (Lipinski definition) is 0. The standard InChI is InChI=1S/C14H20O2S3/c1-12(2)18-17-10-4-5-11-19(15,16)14-8-6-13(3)7-9-14/h4-9,12H,10-11H2,1-3H3/b5-4-. The van der Waals surface area contributed by atoms with Gasteiger partial charge in [-0.05, 0) is 19.1 Å². The monoisotopic (exact) mass is 316 g/mol. The highest BCUT2D eigenvalue weighted by molar-refractivity contribution is 8.77. The molecule has 5 heteroatoms. The van der Waals surface area contributed by atoms with E-state index in [1.165, 1.54) is 0 Å². The van der Waals surface area contributed by atoms with E-state index in [2.05, 4.69) is 13.8 Å². The van der Waals surface area contributed by atoms with Crippen LogP contribution in [0, 0.1) is 6.92 Å². The van der Waals surface area contributed by atoms with Gasteiger partial charge in [-0.3, -0.25) is 0 Å². The lowest BCUT2D eigenvalue weighted by Crippen LogP contribution is -2.04. The van der Waals surface area contributed by atoms with Crippen LogP contribution in [0.2, 0.25) is 0 Å². The van der Waals surface area contributed by atoms with Gasteiger partial charge in [-0.25, -0.2) is 8.42 Å². The molecular formula is C14H20O2S3. The molecule has 0 unspecified atom stereocenters. The molecule has 1 aromatic rings. The molecule has 0 aliphatic rings. The van der Waals surface area contributed by atoms with E-state index in [0.29, 0.717) is 10.1 Å². The Morgan fingerprint density at radius 2 is 1.79 bits per heavy atom. The largest absolute Gasteiger partial charge is 0.223 e. The van der Waals surface area contributed by atoms with E-state index in [4.69, 9.17) is 0 Å². The first-order chi connectivity index (χ1) is 8.92. The van der Waals surface area contributed by atoms with Crippen LogP contribution in [0.4, 0.5) is 0 Å². The van der Waals surface area contributed by atoms with E-state index >= 15 is 0 Å². The number of aryl methyl sites for hydroxylation is 1. The molecule has 0 aliphatic heterocycles.